The zero-order valence-corrected chi connectivity index (χ0v) is 14.6. The maximum atomic E-state index is 13.0. The molecule has 7 nitrogen and oxygen atoms in total. The summed E-state index contributed by atoms with van der Waals surface area (Å²) in [4.78, 5) is 8.61. The van der Waals surface area contributed by atoms with Crippen molar-refractivity contribution in [2.24, 2.45) is 0 Å². The van der Waals surface area contributed by atoms with E-state index >= 15 is 0 Å². The van der Waals surface area contributed by atoms with E-state index in [2.05, 4.69) is 25.5 Å². The van der Waals surface area contributed by atoms with E-state index in [-0.39, 0.29) is 11.9 Å². The zero-order chi connectivity index (χ0) is 18.6. The molecule has 0 amide bonds. The first-order valence-electron chi connectivity index (χ1n) is 8.47. The van der Waals surface area contributed by atoms with Gasteiger partial charge in [0.1, 0.15) is 11.5 Å². The number of rotatable bonds is 6. The summed E-state index contributed by atoms with van der Waals surface area (Å²) >= 11 is 0. The molecule has 27 heavy (non-hydrogen) atoms. The SMILES string of the molecule is CC(NCc1cnn(-c2ccc(F)cc2)c1)c1nc(-c2ccccn2)no1. The number of hydrogen-bond donors (Lipinski definition) is 1. The van der Waals surface area contributed by atoms with Crippen LogP contribution in [0.25, 0.3) is 17.2 Å². The standard InChI is InChI=1S/C19H17FN6O/c1-13(19-24-18(25-27-19)17-4-2-3-9-21-17)22-10-14-11-23-26(12-14)16-7-5-15(20)6-8-16/h2-9,11-13,22H,10H2,1H3. The Labute approximate surface area is 154 Å². The van der Waals surface area contributed by atoms with Crippen LogP contribution in [-0.4, -0.2) is 24.9 Å². The number of hydrogen-bond acceptors (Lipinski definition) is 6. The summed E-state index contributed by atoms with van der Waals surface area (Å²) in [7, 11) is 0. The smallest absolute Gasteiger partial charge is 0.243 e. The van der Waals surface area contributed by atoms with E-state index < -0.39 is 0 Å². The van der Waals surface area contributed by atoms with Gasteiger partial charge in [0.2, 0.25) is 11.7 Å². The lowest BCUT2D eigenvalue weighted by Crippen LogP contribution is -2.18. The summed E-state index contributed by atoms with van der Waals surface area (Å²) in [5.41, 5.74) is 2.45. The average molecular weight is 364 g/mol. The molecule has 1 aromatic carbocycles. The quantitative estimate of drug-likeness (QED) is 0.565. The van der Waals surface area contributed by atoms with Crippen molar-refractivity contribution in [3.05, 3.63) is 78.3 Å². The van der Waals surface area contributed by atoms with Gasteiger partial charge in [0, 0.05) is 24.5 Å². The molecule has 3 heterocycles. The van der Waals surface area contributed by atoms with Gasteiger partial charge < -0.3 is 9.84 Å². The lowest BCUT2D eigenvalue weighted by atomic mass is 10.3. The number of halogens is 1. The van der Waals surface area contributed by atoms with Gasteiger partial charge in [0.05, 0.1) is 17.9 Å². The molecule has 1 N–H and O–H groups in total. The zero-order valence-electron chi connectivity index (χ0n) is 14.6. The van der Waals surface area contributed by atoms with E-state index in [4.69, 9.17) is 4.52 Å². The summed E-state index contributed by atoms with van der Waals surface area (Å²) in [5.74, 6) is 0.677. The molecule has 0 fully saturated rings. The van der Waals surface area contributed by atoms with E-state index in [1.165, 1.54) is 12.1 Å². The minimum absolute atomic E-state index is 0.135. The maximum Gasteiger partial charge on any atom is 0.243 e. The average Bonchev–Trinajstić information content (AvgIpc) is 3.37. The maximum absolute atomic E-state index is 13.0. The molecule has 8 heteroatoms. The van der Waals surface area contributed by atoms with Crippen LogP contribution >= 0.6 is 0 Å². The first-order chi connectivity index (χ1) is 13.2. The molecular formula is C19H17FN6O. The molecule has 136 valence electrons. The van der Waals surface area contributed by atoms with Gasteiger partial charge in [0.25, 0.3) is 0 Å². The van der Waals surface area contributed by atoms with Crippen LogP contribution in [0.15, 0.2) is 65.6 Å². The molecule has 0 aliphatic carbocycles. The summed E-state index contributed by atoms with van der Waals surface area (Å²) in [5, 5.41) is 11.6. The van der Waals surface area contributed by atoms with Gasteiger partial charge in [-0.3, -0.25) is 4.98 Å². The van der Waals surface area contributed by atoms with Gasteiger partial charge in [-0.25, -0.2) is 9.07 Å². The van der Waals surface area contributed by atoms with E-state index in [0.717, 1.165) is 11.3 Å². The van der Waals surface area contributed by atoms with E-state index in [1.54, 1.807) is 29.2 Å². The summed E-state index contributed by atoms with van der Waals surface area (Å²) < 4.78 is 20.1. The number of pyridine rings is 1. The second kappa shape index (κ2) is 7.46. The highest BCUT2D eigenvalue weighted by molar-refractivity contribution is 5.47. The Morgan fingerprint density at radius 1 is 1.19 bits per heavy atom. The van der Waals surface area contributed by atoms with Crippen molar-refractivity contribution >= 4 is 0 Å². The van der Waals surface area contributed by atoms with Crippen molar-refractivity contribution in [1.82, 2.24) is 30.2 Å². The molecule has 0 aliphatic rings. The summed E-state index contributed by atoms with van der Waals surface area (Å²) in [6, 6.07) is 11.6. The largest absolute Gasteiger partial charge is 0.337 e. The van der Waals surface area contributed by atoms with Gasteiger partial charge in [-0.05, 0) is 43.3 Å². The van der Waals surface area contributed by atoms with Crippen LogP contribution < -0.4 is 5.32 Å². The minimum atomic E-state index is -0.272. The highest BCUT2D eigenvalue weighted by Crippen LogP contribution is 2.17. The molecule has 0 bridgehead atoms. The molecule has 1 unspecified atom stereocenters. The molecule has 4 rings (SSSR count). The Balaban J connectivity index is 1.39. The predicted molar refractivity (Wildman–Crippen MR) is 96.3 cm³/mol. The molecule has 0 radical (unpaired) electrons. The lowest BCUT2D eigenvalue weighted by Gasteiger charge is -2.07. The molecule has 0 aliphatic heterocycles. The highest BCUT2D eigenvalue weighted by Gasteiger charge is 2.15. The van der Waals surface area contributed by atoms with Crippen molar-refractivity contribution in [2.45, 2.75) is 19.5 Å². The molecule has 1 atom stereocenters. The van der Waals surface area contributed by atoms with Crippen LogP contribution in [-0.2, 0) is 6.54 Å². The third kappa shape index (κ3) is 3.90. The molecule has 4 aromatic rings. The monoisotopic (exact) mass is 364 g/mol. The second-order valence-corrected chi connectivity index (χ2v) is 6.04. The van der Waals surface area contributed by atoms with Crippen molar-refractivity contribution in [1.29, 1.82) is 0 Å². The molecular weight excluding hydrogens is 347 g/mol. The van der Waals surface area contributed by atoms with Gasteiger partial charge in [-0.1, -0.05) is 11.2 Å². The molecule has 0 saturated carbocycles. The Kier molecular flexibility index (Phi) is 4.71. The van der Waals surface area contributed by atoms with Crippen molar-refractivity contribution in [3.63, 3.8) is 0 Å². The highest BCUT2D eigenvalue weighted by atomic mass is 19.1. The topological polar surface area (TPSA) is 81.7 Å². The fraction of sp³-hybridized carbons (Fsp3) is 0.158. The second-order valence-electron chi connectivity index (χ2n) is 6.04. The van der Waals surface area contributed by atoms with Crippen LogP contribution in [0.4, 0.5) is 4.39 Å². The fourth-order valence-corrected chi connectivity index (χ4v) is 2.55. The van der Waals surface area contributed by atoms with Crippen LogP contribution in [0.1, 0.15) is 24.4 Å². The normalized spacial score (nSPS) is 12.2. The van der Waals surface area contributed by atoms with Crippen LogP contribution in [0, 0.1) is 5.82 Å². The summed E-state index contributed by atoms with van der Waals surface area (Å²) in [6.07, 6.45) is 5.34. The number of aromatic nitrogens is 5. The molecule has 0 spiro atoms. The van der Waals surface area contributed by atoms with Crippen LogP contribution in [0.5, 0.6) is 0 Å². The van der Waals surface area contributed by atoms with Crippen LogP contribution in [0.2, 0.25) is 0 Å². The predicted octanol–water partition coefficient (Wildman–Crippen LogP) is 3.31. The molecule has 3 aromatic heterocycles. The van der Waals surface area contributed by atoms with E-state index in [1.807, 2.05) is 31.3 Å². The van der Waals surface area contributed by atoms with Gasteiger partial charge >= 0.3 is 0 Å². The van der Waals surface area contributed by atoms with Crippen molar-refractivity contribution < 1.29 is 8.91 Å². The van der Waals surface area contributed by atoms with Crippen molar-refractivity contribution in [2.75, 3.05) is 0 Å². The Morgan fingerprint density at radius 3 is 2.81 bits per heavy atom. The Bertz CT molecular complexity index is 1010. The van der Waals surface area contributed by atoms with Crippen molar-refractivity contribution in [3.8, 4) is 17.2 Å². The molecule has 0 saturated heterocycles. The third-order valence-corrected chi connectivity index (χ3v) is 4.05. The van der Waals surface area contributed by atoms with E-state index in [0.29, 0.717) is 24.0 Å². The third-order valence-electron chi connectivity index (χ3n) is 4.05. The fourth-order valence-electron chi connectivity index (χ4n) is 2.55. The Hall–Kier alpha value is -3.39. The van der Waals surface area contributed by atoms with Crippen LogP contribution in [0.3, 0.4) is 0 Å². The van der Waals surface area contributed by atoms with Gasteiger partial charge in [-0.2, -0.15) is 10.1 Å². The Morgan fingerprint density at radius 2 is 2.04 bits per heavy atom. The van der Waals surface area contributed by atoms with Gasteiger partial charge in [-0.15, -0.1) is 0 Å². The summed E-state index contributed by atoms with van der Waals surface area (Å²) in [6.45, 7) is 2.52. The lowest BCUT2D eigenvalue weighted by molar-refractivity contribution is 0.339. The van der Waals surface area contributed by atoms with Gasteiger partial charge in [0.15, 0.2) is 0 Å². The first kappa shape index (κ1) is 17.0. The number of benzene rings is 1. The first-order valence-corrected chi connectivity index (χ1v) is 8.47. The van der Waals surface area contributed by atoms with E-state index in [9.17, 15) is 4.39 Å². The number of nitrogens with one attached hydrogen (secondary N) is 1. The minimum Gasteiger partial charge on any atom is -0.337 e. The number of nitrogens with zero attached hydrogens (tertiary/aromatic N) is 5.